The van der Waals surface area contributed by atoms with E-state index in [2.05, 4.69) is 12.2 Å². The molecule has 1 amide bonds. The molecular weight excluding hydrogens is 232 g/mol. The van der Waals surface area contributed by atoms with Gasteiger partial charge >= 0.3 is 0 Å². The number of hydrogen-bond donors (Lipinski definition) is 2. The minimum absolute atomic E-state index is 0.0914. The average Bonchev–Trinajstić information content (AvgIpc) is 3.04. The van der Waals surface area contributed by atoms with Crippen molar-refractivity contribution < 1.29 is 4.79 Å². The van der Waals surface area contributed by atoms with Gasteiger partial charge in [-0.15, -0.1) is 0 Å². The molecule has 3 nitrogen and oxygen atoms in total. The Labute approximate surface area is 108 Å². The van der Waals surface area contributed by atoms with Gasteiger partial charge in [-0.3, -0.25) is 4.79 Å². The van der Waals surface area contributed by atoms with E-state index in [-0.39, 0.29) is 11.9 Å². The Kier molecular flexibility index (Phi) is 4.74. The van der Waals surface area contributed by atoms with E-state index in [0.29, 0.717) is 23.6 Å². The average molecular weight is 256 g/mol. The lowest BCUT2D eigenvalue weighted by Gasteiger charge is -2.21. The zero-order valence-corrected chi connectivity index (χ0v) is 11.5. The van der Waals surface area contributed by atoms with Crippen molar-refractivity contribution in [1.29, 1.82) is 0 Å². The van der Waals surface area contributed by atoms with Crippen LogP contribution < -0.4 is 11.1 Å². The van der Waals surface area contributed by atoms with Crippen molar-refractivity contribution >= 4 is 17.7 Å². The molecule has 4 heteroatoms. The van der Waals surface area contributed by atoms with Crippen molar-refractivity contribution in [2.75, 3.05) is 5.75 Å². The largest absolute Gasteiger partial charge is 0.352 e. The molecule has 0 saturated heterocycles. The summed E-state index contributed by atoms with van der Waals surface area (Å²) in [7, 11) is 0. The molecule has 17 heavy (non-hydrogen) atoms. The first kappa shape index (κ1) is 13.2. The van der Waals surface area contributed by atoms with E-state index in [1.807, 2.05) is 11.8 Å². The van der Waals surface area contributed by atoms with Crippen molar-refractivity contribution in [1.82, 2.24) is 5.32 Å². The van der Waals surface area contributed by atoms with Crippen molar-refractivity contribution in [3.63, 3.8) is 0 Å². The first-order valence-electron chi connectivity index (χ1n) is 6.87. The number of nitrogens with one attached hydrogen (secondary N) is 1. The Morgan fingerprint density at radius 1 is 1.41 bits per heavy atom. The molecule has 0 aliphatic heterocycles. The van der Waals surface area contributed by atoms with Crippen LogP contribution >= 0.6 is 11.8 Å². The number of carbonyl (C=O) groups is 1. The minimum Gasteiger partial charge on any atom is -0.352 e. The molecule has 0 heterocycles. The van der Waals surface area contributed by atoms with Gasteiger partial charge in [-0.25, -0.2) is 0 Å². The predicted octanol–water partition coefficient (Wildman–Crippen LogP) is 1.90. The highest BCUT2D eigenvalue weighted by molar-refractivity contribution is 7.99. The second-order valence-electron chi connectivity index (χ2n) is 5.30. The topological polar surface area (TPSA) is 55.1 Å². The molecule has 2 fully saturated rings. The van der Waals surface area contributed by atoms with Crippen LogP contribution in [0.5, 0.6) is 0 Å². The van der Waals surface area contributed by atoms with Crippen LogP contribution in [0.1, 0.15) is 45.4 Å². The molecule has 0 aromatic carbocycles. The highest BCUT2D eigenvalue weighted by Crippen LogP contribution is 2.33. The van der Waals surface area contributed by atoms with Gasteiger partial charge in [0.25, 0.3) is 0 Å². The van der Waals surface area contributed by atoms with Gasteiger partial charge in [-0.2, -0.15) is 11.8 Å². The zero-order valence-electron chi connectivity index (χ0n) is 10.7. The van der Waals surface area contributed by atoms with Crippen LogP contribution in [-0.4, -0.2) is 29.0 Å². The minimum atomic E-state index is 0.0914. The molecule has 2 saturated carbocycles. The van der Waals surface area contributed by atoms with Gasteiger partial charge in [0.2, 0.25) is 5.91 Å². The summed E-state index contributed by atoms with van der Waals surface area (Å²) in [5, 5.41) is 3.81. The van der Waals surface area contributed by atoms with E-state index in [0.717, 1.165) is 12.2 Å². The Morgan fingerprint density at radius 2 is 2.18 bits per heavy atom. The first-order chi connectivity index (χ1) is 8.20. The lowest BCUT2D eigenvalue weighted by molar-refractivity contribution is -0.122. The van der Waals surface area contributed by atoms with Crippen LogP contribution in [0, 0.1) is 5.92 Å². The highest BCUT2D eigenvalue weighted by atomic mass is 32.2. The fraction of sp³-hybridized carbons (Fsp3) is 0.923. The number of hydrogen-bond acceptors (Lipinski definition) is 3. The molecule has 0 bridgehead atoms. The maximum absolute atomic E-state index is 11.9. The van der Waals surface area contributed by atoms with Crippen LogP contribution in [0.25, 0.3) is 0 Å². The van der Waals surface area contributed by atoms with Gasteiger partial charge in [-0.1, -0.05) is 13.3 Å². The predicted molar refractivity (Wildman–Crippen MR) is 73.0 cm³/mol. The molecule has 2 aliphatic rings. The van der Waals surface area contributed by atoms with Gasteiger partial charge < -0.3 is 11.1 Å². The number of thioether (sulfide) groups is 1. The van der Waals surface area contributed by atoms with Gasteiger partial charge in [0, 0.05) is 23.8 Å². The van der Waals surface area contributed by atoms with Crippen LogP contribution in [0.15, 0.2) is 0 Å². The van der Waals surface area contributed by atoms with Gasteiger partial charge in [0.05, 0.1) is 0 Å². The monoisotopic (exact) mass is 256 g/mol. The summed E-state index contributed by atoms with van der Waals surface area (Å²) >= 11 is 1.98. The molecular formula is C13H24N2OS. The number of carbonyl (C=O) groups excluding carboxylic acids is 1. The van der Waals surface area contributed by atoms with Crippen molar-refractivity contribution in [3.8, 4) is 0 Å². The van der Waals surface area contributed by atoms with E-state index >= 15 is 0 Å². The maximum atomic E-state index is 11.9. The molecule has 0 spiro atoms. The van der Waals surface area contributed by atoms with Crippen LogP contribution in [-0.2, 0) is 4.79 Å². The number of nitrogens with two attached hydrogens (primary N) is 1. The van der Waals surface area contributed by atoms with E-state index in [1.165, 1.54) is 25.7 Å². The van der Waals surface area contributed by atoms with Crippen LogP contribution in [0.4, 0.5) is 0 Å². The van der Waals surface area contributed by atoms with Gasteiger partial charge in [0.1, 0.15) is 0 Å². The van der Waals surface area contributed by atoms with E-state index in [9.17, 15) is 4.79 Å². The molecule has 3 N–H and O–H groups in total. The molecule has 3 atom stereocenters. The SMILES string of the molecule is CCSC1CCCC1NC(=O)CC(N)C1CC1. The molecule has 0 aromatic heterocycles. The maximum Gasteiger partial charge on any atom is 0.221 e. The Hall–Kier alpha value is -0.220. The van der Waals surface area contributed by atoms with Crippen molar-refractivity contribution in [3.05, 3.63) is 0 Å². The molecule has 3 unspecified atom stereocenters. The summed E-state index contributed by atoms with van der Waals surface area (Å²) in [5.74, 6) is 1.92. The second kappa shape index (κ2) is 6.10. The molecule has 2 rings (SSSR count). The lowest BCUT2D eigenvalue weighted by Crippen LogP contribution is -2.41. The smallest absolute Gasteiger partial charge is 0.221 e. The van der Waals surface area contributed by atoms with Crippen LogP contribution in [0.3, 0.4) is 0 Å². The van der Waals surface area contributed by atoms with Gasteiger partial charge in [-0.05, 0) is 37.4 Å². The molecule has 0 radical (unpaired) electrons. The summed E-state index contributed by atoms with van der Waals surface area (Å²) in [6, 6.07) is 0.479. The van der Waals surface area contributed by atoms with E-state index in [4.69, 9.17) is 5.73 Å². The summed E-state index contributed by atoms with van der Waals surface area (Å²) in [4.78, 5) is 11.9. The van der Waals surface area contributed by atoms with E-state index in [1.54, 1.807) is 0 Å². The summed E-state index contributed by atoms with van der Waals surface area (Å²) in [6.45, 7) is 2.19. The normalized spacial score (nSPS) is 30.2. The van der Waals surface area contributed by atoms with E-state index < -0.39 is 0 Å². The summed E-state index contributed by atoms with van der Waals surface area (Å²) in [6.07, 6.45) is 6.58. The second-order valence-corrected chi connectivity index (χ2v) is 6.82. The van der Waals surface area contributed by atoms with Crippen molar-refractivity contribution in [2.45, 2.75) is 62.8 Å². The number of amides is 1. The van der Waals surface area contributed by atoms with Gasteiger partial charge in [0.15, 0.2) is 0 Å². The fourth-order valence-corrected chi connectivity index (χ4v) is 3.87. The summed E-state index contributed by atoms with van der Waals surface area (Å²) in [5.41, 5.74) is 5.98. The Bertz CT molecular complexity index is 268. The third-order valence-corrected chi connectivity index (χ3v) is 5.15. The number of rotatable bonds is 6. The van der Waals surface area contributed by atoms with Crippen molar-refractivity contribution in [2.24, 2.45) is 11.7 Å². The first-order valence-corrected chi connectivity index (χ1v) is 7.92. The summed E-state index contributed by atoms with van der Waals surface area (Å²) < 4.78 is 0. The zero-order chi connectivity index (χ0) is 12.3. The standard InChI is InChI=1S/C13H24N2OS/c1-2-17-12-5-3-4-11(12)15-13(16)8-10(14)9-6-7-9/h9-12H,2-8,14H2,1H3,(H,15,16). The lowest BCUT2D eigenvalue weighted by atomic mass is 10.1. The van der Waals surface area contributed by atoms with Crippen LogP contribution in [0.2, 0.25) is 0 Å². The molecule has 0 aromatic rings. The fourth-order valence-electron chi connectivity index (χ4n) is 2.68. The molecule has 2 aliphatic carbocycles. The Balaban J connectivity index is 1.73. The molecule has 98 valence electrons. The highest BCUT2D eigenvalue weighted by Gasteiger charge is 2.32. The quantitative estimate of drug-likeness (QED) is 0.763. The Morgan fingerprint density at radius 3 is 2.82 bits per heavy atom. The third-order valence-electron chi connectivity index (χ3n) is 3.83. The third kappa shape index (κ3) is 3.88.